The van der Waals surface area contributed by atoms with Crippen LogP contribution in [-0.4, -0.2) is 27.5 Å². The van der Waals surface area contributed by atoms with Crippen molar-refractivity contribution in [3.05, 3.63) is 17.0 Å². The van der Waals surface area contributed by atoms with Gasteiger partial charge in [-0.2, -0.15) is 5.10 Å². The summed E-state index contributed by atoms with van der Waals surface area (Å²) in [5, 5.41) is 13.9. The predicted octanol–water partition coefficient (Wildman–Crippen LogP) is 1.33. The van der Waals surface area contributed by atoms with Crippen LogP contribution in [0.5, 0.6) is 0 Å². The Morgan fingerprint density at radius 1 is 1.38 bits per heavy atom. The highest BCUT2D eigenvalue weighted by molar-refractivity contribution is 5.24. The maximum absolute atomic E-state index is 9.44. The van der Waals surface area contributed by atoms with Gasteiger partial charge in [-0.25, -0.2) is 0 Å². The third-order valence-corrected chi connectivity index (χ3v) is 3.30. The van der Waals surface area contributed by atoms with Crippen LogP contribution in [0.2, 0.25) is 0 Å². The van der Waals surface area contributed by atoms with Gasteiger partial charge >= 0.3 is 0 Å². The number of rotatable bonds is 5. The van der Waals surface area contributed by atoms with Crippen LogP contribution in [0.15, 0.2) is 0 Å². The van der Waals surface area contributed by atoms with Gasteiger partial charge in [0.05, 0.1) is 18.3 Å². The molecule has 0 amide bonds. The van der Waals surface area contributed by atoms with E-state index >= 15 is 0 Å². The molecular weight excluding hydrogens is 202 g/mol. The van der Waals surface area contributed by atoms with Gasteiger partial charge in [0, 0.05) is 11.7 Å². The van der Waals surface area contributed by atoms with E-state index in [1.807, 2.05) is 25.5 Å². The van der Waals surface area contributed by atoms with Crippen molar-refractivity contribution in [2.75, 3.05) is 6.61 Å². The first-order chi connectivity index (χ1) is 7.56. The van der Waals surface area contributed by atoms with Gasteiger partial charge < -0.3 is 10.8 Å². The summed E-state index contributed by atoms with van der Waals surface area (Å²) in [5.41, 5.74) is 9.45. The van der Waals surface area contributed by atoms with Crippen molar-refractivity contribution in [1.29, 1.82) is 0 Å². The summed E-state index contributed by atoms with van der Waals surface area (Å²) in [6, 6.07) is -0.156. The van der Waals surface area contributed by atoms with Crippen LogP contribution < -0.4 is 5.73 Å². The second-order valence-corrected chi connectivity index (χ2v) is 4.27. The van der Waals surface area contributed by atoms with E-state index in [9.17, 15) is 5.11 Å². The molecule has 1 rings (SSSR count). The fraction of sp³-hybridized carbons (Fsp3) is 0.750. The summed E-state index contributed by atoms with van der Waals surface area (Å²) < 4.78 is 1.89. The standard InChI is InChI=1S/C12H23N3O/c1-5-10-8(3)14-15(9(10)4)12(7-16)11(13)6-2/h11-12,16H,5-7,13H2,1-4H3. The van der Waals surface area contributed by atoms with Gasteiger partial charge in [0.25, 0.3) is 0 Å². The lowest BCUT2D eigenvalue weighted by Crippen LogP contribution is -2.35. The smallest absolute Gasteiger partial charge is 0.0903 e. The molecule has 0 spiro atoms. The normalized spacial score (nSPS) is 15.1. The lowest BCUT2D eigenvalue weighted by molar-refractivity contribution is 0.192. The second kappa shape index (κ2) is 5.46. The van der Waals surface area contributed by atoms with E-state index in [-0.39, 0.29) is 18.7 Å². The maximum Gasteiger partial charge on any atom is 0.0903 e. The van der Waals surface area contributed by atoms with Crippen LogP contribution in [0.4, 0.5) is 0 Å². The van der Waals surface area contributed by atoms with E-state index in [1.54, 1.807) is 0 Å². The Kier molecular flexibility index (Phi) is 4.50. The summed E-state index contributed by atoms with van der Waals surface area (Å²) >= 11 is 0. The molecule has 0 radical (unpaired) electrons. The van der Waals surface area contributed by atoms with E-state index in [2.05, 4.69) is 12.0 Å². The van der Waals surface area contributed by atoms with Crippen LogP contribution in [-0.2, 0) is 6.42 Å². The maximum atomic E-state index is 9.44. The minimum Gasteiger partial charge on any atom is -0.394 e. The Bertz CT molecular complexity index is 346. The number of aliphatic hydroxyl groups is 1. The number of aryl methyl sites for hydroxylation is 1. The number of aromatic nitrogens is 2. The van der Waals surface area contributed by atoms with Crippen molar-refractivity contribution >= 4 is 0 Å². The molecule has 2 unspecified atom stereocenters. The number of nitrogens with zero attached hydrogens (tertiary/aromatic N) is 2. The Hall–Kier alpha value is -0.870. The average Bonchev–Trinajstić information content (AvgIpc) is 2.55. The van der Waals surface area contributed by atoms with Gasteiger partial charge in [0.2, 0.25) is 0 Å². The molecule has 0 fully saturated rings. The van der Waals surface area contributed by atoms with E-state index < -0.39 is 0 Å². The molecule has 16 heavy (non-hydrogen) atoms. The van der Waals surface area contributed by atoms with Gasteiger partial charge in [-0.1, -0.05) is 13.8 Å². The SMILES string of the molecule is CCc1c(C)nn(C(CO)C(N)CC)c1C. The summed E-state index contributed by atoms with van der Waals surface area (Å²) in [4.78, 5) is 0. The van der Waals surface area contributed by atoms with Crippen LogP contribution in [0.25, 0.3) is 0 Å². The van der Waals surface area contributed by atoms with Crippen LogP contribution in [0.3, 0.4) is 0 Å². The molecule has 0 aliphatic carbocycles. The highest BCUT2D eigenvalue weighted by atomic mass is 16.3. The Labute approximate surface area is 97.5 Å². The minimum absolute atomic E-state index is 0.0418. The predicted molar refractivity (Wildman–Crippen MR) is 65.5 cm³/mol. The molecule has 1 aromatic heterocycles. The zero-order valence-corrected chi connectivity index (χ0v) is 10.7. The molecule has 4 nitrogen and oxygen atoms in total. The van der Waals surface area contributed by atoms with Crippen LogP contribution in [0.1, 0.15) is 43.3 Å². The molecule has 0 saturated carbocycles. The van der Waals surface area contributed by atoms with E-state index in [0.29, 0.717) is 0 Å². The van der Waals surface area contributed by atoms with Crippen molar-refractivity contribution in [1.82, 2.24) is 9.78 Å². The molecule has 92 valence electrons. The molecule has 1 heterocycles. The molecule has 2 atom stereocenters. The number of aliphatic hydroxyl groups excluding tert-OH is 1. The summed E-state index contributed by atoms with van der Waals surface area (Å²) in [6.07, 6.45) is 1.81. The zero-order chi connectivity index (χ0) is 12.3. The first-order valence-corrected chi connectivity index (χ1v) is 5.97. The number of hydrogen-bond acceptors (Lipinski definition) is 3. The Morgan fingerprint density at radius 2 is 2.00 bits per heavy atom. The zero-order valence-electron chi connectivity index (χ0n) is 10.7. The molecule has 0 saturated heterocycles. The second-order valence-electron chi connectivity index (χ2n) is 4.27. The minimum atomic E-state index is -0.107. The van der Waals surface area contributed by atoms with E-state index in [0.717, 1.165) is 24.2 Å². The highest BCUT2D eigenvalue weighted by Gasteiger charge is 2.22. The van der Waals surface area contributed by atoms with Gasteiger partial charge in [0.1, 0.15) is 0 Å². The van der Waals surface area contributed by atoms with Crippen molar-refractivity contribution in [3.63, 3.8) is 0 Å². The fourth-order valence-corrected chi connectivity index (χ4v) is 2.20. The van der Waals surface area contributed by atoms with Crippen LogP contribution in [0, 0.1) is 13.8 Å². The fourth-order valence-electron chi connectivity index (χ4n) is 2.20. The van der Waals surface area contributed by atoms with Gasteiger partial charge in [0.15, 0.2) is 0 Å². The first-order valence-electron chi connectivity index (χ1n) is 5.97. The molecule has 0 aliphatic heterocycles. The molecular formula is C12H23N3O. The van der Waals surface area contributed by atoms with Crippen molar-refractivity contribution < 1.29 is 5.11 Å². The summed E-state index contributed by atoms with van der Waals surface area (Å²) in [5.74, 6) is 0. The number of nitrogens with two attached hydrogens (primary N) is 1. The van der Waals surface area contributed by atoms with Crippen LogP contribution >= 0.6 is 0 Å². The lowest BCUT2D eigenvalue weighted by atomic mass is 10.1. The molecule has 1 aromatic rings. The van der Waals surface area contributed by atoms with Crippen molar-refractivity contribution in [2.45, 2.75) is 52.6 Å². The van der Waals surface area contributed by atoms with Crippen molar-refractivity contribution in [2.24, 2.45) is 5.73 Å². The Balaban J connectivity index is 3.11. The highest BCUT2D eigenvalue weighted by Crippen LogP contribution is 2.20. The molecule has 0 bridgehead atoms. The van der Waals surface area contributed by atoms with Crippen molar-refractivity contribution in [3.8, 4) is 0 Å². The van der Waals surface area contributed by atoms with E-state index in [4.69, 9.17) is 5.73 Å². The molecule has 0 aromatic carbocycles. The first kappa shape index (κ1) is 13.2. The summed E-state index contributed by atoms with van der Waals surface area (Å²) in [7, 11) is 0. The topological polar surface area (TPSA) is 64.1 Å². The Morgan fingerprint density at radius 3 is 2.38 bits per heavy atom. The lowest BCUT2D eigenvalue weighted by Gasteiger charge is -2.22. The molecule has 3 N–H and O–H groups in total. The quantitative estimate of drug-likeness (QED) is 0.794. The van der Waals surface area contributed by atoms with Gasteiger partial charge in [-0.15, -0.1) is 0 Å². The monoisotopic (exact) mass is 225 g/mol. The summed E-state index contributed by atoms with van der Waals surface area (Å²) in [6.45, 7) is 8.24. The molecule has 0 aliphatic rings. The number of hydrogen-bond donors (Lipinski definition) is 2. The third kappa shape index (κ3) is 2.28. The molecule has 4 heteroatoms. The largest absolute Gasteiger partial charge is 0.394 e. The third-order valence-electron chi connectivity index (χ3n) is 3.30. The average molecular weight is 225 g/mol. The van der Waals surface area contributed by atoms with Gasteiger partial charge in [-0.05, 0) is 32.3 Å². The van der Waals surface area contributed by atoms with Gasteiger partial charge in [-0.3, -0.25) is 4.68 Å². The van der Waals surface area contributed by atoms with E-state index in [1.165, 1.54) is 5.56 Å².